The monoisotopic (exact) mass is 321 g/mol. The Morgan fingerprint density at radius 1 is 1.14 bits per heavy atom. The third kappa shape index (κ3) is 2.16. The van der Waals surface area contributed by atoms with Crippen molar-refractivity contribution in [2.45, 2.75) is 55.5 Å². The van der Waals surface area contributed by atoms with Crippen molar-refractivity contribution in [3.63, 3.8) is 0 Å². The largest absolute Gasteiger partial charge is 0.493 e. The van der Waals surface area contributed by atoms with E-state index in [1.165, 1.54) is 0 Å². The van der Waals surface area contributed by atoms with Gasteiger partial charge >= 0.3 is 0 Å². The van der Waals surface area contributed by atoms with Crippen LogP contribution in [0.2, 0.25) is 0 Å². The summed E-state index contributed by atoms with van der Waals surface area (Å²) < 4.78 is 33.2. The van der Waals surface area contributed by atoms with E-state index in [0.29, 0.717) is 24.3 Å². The lowest BCUT2D eigenvalue weighted by molar-refractivity contribution is -0.122. The Bertz CT molecular complexity index is 712. The number of piperidine rings is 1. The van der Waals surface area contributed by atoms with Gasteiger partial charge in [0.05, 0.1) is 11.5 Å². The average molecular weight is 321 g/mol. The average Bonchev–Trinajstić information content (AvgIpc) is 2.80. The molecule has 0 aliphatic carbocycles. The molecule has 0 unspecified atom stereocenters. The Hall–Kier alpha value is -1.40. The van der Waals surface area contributed by atoms with Crippen LogP contribution in [0, 0.1) is 0 Å². The minimum Gasteiger partial charge on any atom is -0.493 e. The van der Waals surface area contributed by atoms with Crippen molar-refractivity contribution in [1.82, 2.24) is 4.31 Å². The standard InChI is InChI=1S/C16H19NO4S/c18-14-9-12-3-4-13(10-14)17(12)22(19,20)15-5-6-16-11(8-15)2-1-7-21-16/h5-6,8,12-13H,1-4,7,9-10H2/t12-,13+. The van der Waals surface area contributed by atoms with Gasteiger partial charge in [0.25, 0.3) is 0 Å². The first-order valence-corrected chi connectivity index (χ1v) is 9.31. The van der Waals surface area contributed by atoms with Crippen LogP contribution in [0.15, 0.2) is 23.1 Å². The van der Waals surface area contributed by atoms with E-state index in [-0.39, 0.29) is 17.9 Å². The number of hydrogen-bond acceptors (Lipinski definition) is 4. The summed E-state index contributed by atoms with van der Waals surface area (Å²) >= 11 is 0. The summed E-state index contributed by atoms with van der Waals surface area (Å²) in [5.41, 5.74) is 0.966. The van der Waals surface area contributed by atoms with E-state index < -0.39 is 10.0 Å². The second kappa shape index (κ2) is 5.06. The van der Waals surface area contributed by atoms with Gasteiger partial charge in [0.15, 0.2) is 0 Å². The highest BCUT2D eigenvalue weighted by molar-refractivity contribution is 7.89. The molecule has 2 atom stereocenters. The van der Waals surface area contributed by atoms with Crippen LogP contribution in [0.1, 0.15) is 37.7 Å². The van der Waals surface area contributed by atoms with Crippen molar-refractivity contribution in [2.24, 2.45) is 0 Å². The minimum atomic E-state index is -3.53. The van der Waals surface area contributed by atoms with E-state index in [9.17, 15) is 13.2 Å². The Kier molecular flexibility index (Phi) is 3.27. The third-order valence-corrected chi connectivity index (χ3v) is 6.94. The van der Waals surface area contributed by atoms with Crippen LogP contribution in [0.5, 0.6) is 5.75 Å². The highest BCUT2D eigenvalue weighted by Crippen LogP contribution is 2.39. The highest BCUT2D eigenvalue weighted by Gasteiger charge is 2.46. The number of ketones is 1. The molecule has 5 nitrogen and oxygen atoms in total. The molecule has 22 heavy (non-hydrogen) atoms. The lowest BCUT2D eigenvalue weighted by Crippen LogP contribution is -2.46. The summed E-state index contributed by atoms with van der Waals surface area (Å²) in [6, 6.07) is 4.85. The molecule has 0 saturated carbocycles. The van der Waals surface area contributed by atoms with Crippen LogP contribution in [0.4, 0.5) is 0 Å². The van der Waals surface area contributed by atoms with Gasteiger partial charge in [-0.05, 0) is 49.4 Å². The zero-order valence-electron chi connectivity index (χ0n) is 12.3. The maximum atomic E-state index is 13.0. The van der Waals surface area contributed by atoms with Gasteiger partial charge in [0.2, 0.25) is 10.0 Å². The van der Waals surface area contributed by atoms with E-state index in [4.69, 9.17) is 4.74 Å². The fraction of sp³-hybridized carbons (Fsp3) is 0.562. The predicted molar refractivity (Wildman–Crippen MR) is 80.3 cm³/mol. The summed E-state index contributed by atoms with van der Waals surface area (Å²) in [5, 5.41) is 0. The van der Waals surface area contributed by atoms with Gasteiger partial charge in [-0.2, -0.15) is 4.31 Å². The van der Waals surface area contributed by atoms with Crippen LogP contribution >= 0.6 is 0 Å². The molecule has 3 aliphatic rings. The normalized spacial score (nSPS) is 28.3. The van der Waals surface area contributed by atoms with Crippen LogP contribution in [-0.4, -0.2) is 37.2 Å². The molecule has 0 radical (unpaired) electrons. The molecule has 2 fully saturated rings. The fourth-order valence-corrected chi connectivity index (χ4v) is 5.86. The molecule has 3 aliphatic heterocycles. The van der Waals surface area contributed by atoms with Crippen LogP contribution < -0.4 is 4.74 Å². The van der Waals surface area contributed by atoms with Gasteiger partial charge in [-0.15, -0.1) is 0 Å². The number of benzene rings is 1. The van der Waals surface area contributed by atoms with E-state index >= 15 is 0 Å². The number of Topliss-reactive ketones (excluding diaryl/α,β-unsaturated/α-hetero) is 1. The molecule has 2 bridgehead atoms. The van der Waals surface area contributed by atoms with Crippen molar-refractivity contribution in [3.05, 3.63) is 23.8 Å². The summed E-state index contributed by atoms with van der Waals surface area (Å²) in [4.78, 5) is 12.0. The quantitative estimate of drug-likeness (QED) is 0.834. The van der Waals surface area contributed by atoms with Crippen molar-refractivity contribution in [3.8, 4) is 5.75 Å². The van der Waals surface area contributed by atoms with Crippen LogP contribution in [0.3, 0.4) is 0 Å². The van der Waals surface area contributed by atoms with E-state index in [1.54, 1.807) is 22.5 Å². The maximum Gasteiger partial charge on any atom is 0.243 e. The molecule has 0 spiro atoms. The van der Waals surface area contributed by atoms with Crippen molar-refractivity contribution in [1.29, 1.82) is 0 Å². The molecule has 118 valence electrons. The molecule has 4 rings (SSSR count). The molecular weight excluding hydrogens is 302 g/mol. The summed E-state index contributed by atoms with van der Waals surface area (Å²) in [6.07, 6.45) is 4.09. The molecule has 2 saturated heterocycles. The Balaban J connectivity index is 1.71. The van der Waals surface area contributed by atoms with Crippen molar-refractivity contribution < 1.29 is 17.9 Å². The Morgan fingerprint density at radius 3 is 2.59 bits per heavy atom. The number of ether oxygens (including phenoxy) is 1. The maximum absolute atomic E-state index is 13.0. The number of sulfonamides is 1. The lowest BCUT2D eigenvalue weighted by atomic mass is 10.0. The number of carbonyl (C=O) groups excluding carboxylic acids is 1. The highest BCUT2D eigenvalue weighted by atomic mass is 32.2. The second-order valence-electron chi connectivity index (χ2n) is 6.39. The first-order chi connectivity index (χ1) is 10.6. The summed E-state index contributed by atoms with van der Waals surface area (Å²) in [6.45, 7) is 0.692. The summed E-state index contributed by atoms with van der Waals surface area (Å²) in [5.74, 6) is 0.986. The zero-order chi connectivity index (χ0) is 15.3. The van der Waals surface area contributed by atoms with Gasteiger partial charge in [-0.1, -0.05) is 0 Å². The zero-order valence-corrected chi connectivity index (χ0v) is 13.1. The lowest BCUT2D eigenvalue weighted by Gasteiger charge is -2.33. The van der Waals surface area contributed by atoms with E-state index in [1.807, 2.05) is 0 Å². The molecule has 6 heteroatoms. The molecule has 1 aromatic carbocycles. The fourth-order valence-electron chi connectivity index (χ4n) is 3.94. The molecule has 0 amide bonds. The first kappa shape index (κ1) is 14.2. The molecule has 0 aromatic heterocycles. The first-order valence-electron chi connectivity index (χ1n) is 7.87. The number of hydrogen-bond donors (Lipinski definition) is 0. The predicted octanol–water partition coefficient (Wildman–Crippen LogP) is 1.90. The van der Waals surface area contributed by atoms with E-state index in [2.05, 4.69) is 0 Å². The molecule has 0 N–H and O–H groups in total. The Labute approximate surface area is 130 Å². The molecular formula is C16H19NO4S. The van der Waals surface area contributed by atoms with Crippen molar-refractivity contribution >= 4 is 15.8 Å². The van der Waals surface area contributed by atoms with Crippen LogP contribution in [-0.2, 0) is 21.2 Å². The Morgan fingerprint density at radius 2 is 1.86 bits per heavy atom. The van der Waals surface area contributed by atoms with E-state index in [0.717, 1.165) is 37.0 Å². The topological polar surface area (TPSA) is 63.7 Å². The van der Waals surface area contributed by atoms with Gasteiger partial charge < -0.3 is 4.74 Å². The number of carbonyl (C=O) groups is 1. The van der Waals surface area contributed by atoms with Gasteiger partial charge in [-0.3, -0.25) is 4.79 Å². The summed E-state index contributed by atoms with van der Waals surface area (Å²) in [7, 11) is -3.53. The van der Waals surface area contributed by atoms with Gasteiger partial charge in [0, 0.05) is 24.9 Å². The second-order valence-corrected chi connectivity index (χ2v) is 8.23. The number of rotatable bonds is 2. The third-order valence-electron chi connectivity index (χ3n) is 4.93. The number of fused-ring (bicyclic) bond motifs is 3. The number of nitrogens with zero attached hydrogens (tertiary/aromatic N) is 1. The van der Waals surface area contributed by atoms with Gasteiger partial charge in [-0.25, -0.2) is 8.42 Å². The molecule has 1 aromatic rings. The van der Waals surface area contributed by atoms with Crippen molar-refractivity contribution in [2.75, 3.05) is 6.61 Å². The van der Waals surface area contributed by atoms with Gasteiger partial charge in [0.1, 0.15) is 11.5 Å². The van der Waals surface area contributed by atoms with Crippen LogP contribution in [0.25, 0.3) is 0 Å². The minimum absolute atomic E-state index is 0.150. The molecule has 3 heterocycles. The number of aryl methyl sites for hydroxylation is 1. The smallest absolute Gasteiger partial charge is 0.243 e. The SMILES string of the molecule is O=C1C[C@H]2CC[C@@H](C1)N2S(=O)(=O)c1ccc2c(c1)CCCO2.